The molecule has 2 unspecified atom stereocenters. The fraction of sp³-hybridized carbons (Fsp3) is 0.393. The summed E-state index contributed by atoms with van der Waals surface area (Å²) in [6, 6.07) is 21.2. The molecule has 0 radical (unpaired) electrons. The van der Waals surface area contributed by atoms with Gasteiger partial charge in [-0.05, 0) is 39.9 Å². The molecule has 7 nitrogen and oxygen atoms in total. The molecule has 0 bridgehead atoms. The van der Waals surface area contributed by atoms with Crippen molar-refractivity contribution in [2.75, 3.05) is 13.2 Å². The van der Waals surface area contributed by atoms with Gasteiger partial charge in [0, 0.05) is 19.6 Å². The van der Waals surface area contributed by atoms with Crippen LogP contribution in [0.3, 0.4) is 0 Å². The van der Waals surface area contributed by atoms with Crippen LogP contribution in [0, 0.1) is 0 Å². The Balaban J connectivity index is 1.57. The zero-order valence-corrected chi connectivity index (χ0v) is 23.5. The second-order valence-corrected chi connectivity index (χ2v) is 15.3. The number of nitrogens with one attached hydrogen (secondary N) is 1. The summed E-state index contributed by atoms with van der Waals surface area (Å²) in [5.41, 5.74) is 1.59. The Kier molecular flexibility index (Phi) is 7.11. The molecule has 2 aromatic heterocycles. The standard InChI is InChI=1S/C28H33ClN4O3Si/c1-28(2,3)37(19-12-7-5-8-13-19,20-14-9-6-10-15-20)36-18-22-21(16-11-17-35-22)23-24-25(31-26(29)30-23)32-27(34)33(24)4/h5-10,12-15,21-22H,11,16-18H2,1-4H3,(H,30,31,32,34). The highest BCUT2D eigenvalue weighted by atomic mass is 35.5. The number of hydrogen-bond donors (Lipinski definition) is 1. The van der Waals surface area contributed by atoms with E-state index in [1.54, 1.807) is 11.6 Å². The largest absolute Gasteiger partial charge is 0.405 e. The Bertz CT molecular complexity index is 1390. The van der Waals surface area contributed by atoms with Gasteiger partial charge in [0.05, 0.1) is 18.4 Å². The van der Waals surface area contributed by atoms with Crippen LogP contribution in [0.2, 0.25) is 10.3 Å². The van der Waals surface area contributed by atoms with E-state index < -0.39 is 8.32 Å². The van der Waals surface area contributed by atoms with Crippen molar-refractivity contribution < 1.29 is 9.16 Å². The fourth-order valence-corrected chi connectivity index (χ4v) is 10.4. The number of imidazole rings is 1. The summed E-state index contributed by atoms with van der Waals surface area (Å²) in [7, 11) is -1.01. The van der Waals surface area contributed by atoms with E-state index in [-0.39, 0.29) is 28.0 Å². The number of H-pyrrole nitrogens is 1. The number of rotatable bonds is 6. The summed E-state index contributed by atoms with van der Waals surface area (Å²) < 4.78 is 15.1. The van der Waals surface area contributed by atoms with Crippen LogP contribution in [0.4, 0.5) is 0 Å². The molecular weight excluding hydrogens is 504 g/mol. The molecule has 0 aliphatic carbocycles. The minimum atomic E-state index is -2.74. The minimum Gasteiger partial charge on any atom is -0.405 e. The van der Waals surface area contributed by atoms with E-state index >= 15 is 0 Å². The normalized spacial score (nSPS) is 18.8. The van der Waals surface area contributed by atoms with E-state index in [4.69, 9.17) is 20.8 Å². The van der Waals surface area contributed by atoms with Gasteiger partial charge in [-0.25, -0.2) is 9.78 Å². The van der Waals surface area contributed by atoms with E-state index in [0.717, 1.165) is 18.5 Å². The van der Waals surface area contributed by atoms with Crippen molar-refractivity contribution in [3.63, 3.8) is 0 Å². The van der Waals surface area contributed by atoms with Crippen LogP contribution < -0.4 is 16.1 Å². The first-order valence-electron chi connectivity index (χ1n) is 12.7. The predicted octanol–water partition coefficient (Wildman–Crippen LogP) is 4.15. The first-order valence-corrected chi connectivity index (χ1v) is 15.0. The Labute approximate surface area is 223 Å². The smallest absolute Gasteiger partial charge is 0.327 e. The number of ether oxygens (including phenoxy) is 1. The lowest BCUT2D eigenvalue weighted by Gasteiger charge is -2.44. The number of hydrogen-bond acceptors (Lipinski definition) is 5. The van der Waals surface area contributed by atoms with Crippen molar-refractivity contribution in [2.45, 2.75) is 50.7 Å². The lowest BCUT2D eigenvalue weighted by atomic mass is 9.90. The third kappa shape index (κ3) is 4.67. The van der Waals surface area contributed by atoms with Crippen LogP contribution in [0.1, 0.15) is 45.2 Å². The number of aryl methyl sites for hydroxylation is 1. The number of nitrogens with zero attached hydrogens (tertiary/aromatic N) is 3. The van der Waals surface area contributed by atoms with Gasteiger partial charge in [-0.15, -0.1) is 0 Å². The second kappa shape index (κ2) is 10.2. The molecule has 3 heterocycles. The van der Waals surface area contributed by atoms with Crippen molar-refractivity contribution >= 4 is 41.5 Å². The first kappa shape index (κ1) is 25.8. The maximum Gasteiger partial charge on any atom is 0.327 e. The van der Waals surface area contributed by atoms with Crippen LogP contribution >= 0.6 is 11.6 Å². The summed E-state index contributed by atoms with van der Waals surface area (Å²) in [6.45, 7) is 7.85. The molecule has 4 aromatic rings. The fourth-order valence-electron chi connectivity index (χ4n) is 5.69. The van der Waals surface area contributed by atoms with E-state index in [1.807, 2.05) is 12.1 Å². The first-order chi connectivity index (χ1) is 17.7. The molecule has 2 atom stereocenters. The molecule has 1 N–H and O–H groups in total. The Morgan fingerprint density at radius 2 is 1.70 bits per heavy atom. The van der Waals surface area contributed by atoms with E-state index in [0.29, 0.717) is 24.4 Å². The Morgan fingerprint density at radius 1 is 1.08 bits per heavy atom. The summed E-state index contributed by atoms with van der Waals surface area (Å²) >= 11 is 6.30. The molecule has 37 heavy (non-hydrogen) atoms. The molecule has 1 saturated heterocycles. The van der Waals surface area contributed by atoms with Gasteiger partial charge in [-0.3, -0.25) is 9.55 Å². The van der Waals surface area contributed by atoms with E-state index in [1.165, 1.54) is 10.4 Å². The Morgan fingerprint density at radius 3 is 2.30 bits per heavy atom. The summed E-state index contributed by atoms with van der Waals surface area (Å²) in [6.07, 6.45) is 1.51. The maximum absolute atomic E-state index is 12.4. The average Bonchev–Trinajstić information content (AvgIpc) is 3.17. The molecule has 1 aliphatic heterocycles. The number of fused-ring (bicyclic) bond motifs is 1. The molecule has 5 rings (SSSR count). The van der Waals surface area contributed by atoms with Gasteiger partial charge in [0.15, 0.2) is 5.65 Å². The highest BCUT2D eigenvalue weighted by Gasteiger charge is 2.51. The van der Waals surface area contributed by atoms with E-state index in [9.17, 15) is 4.79 Å². The van der Waals surface area contributed by atoms with Crippen molar-refractivity contribution in [2.24, 2.45) is 7.05 Å². The summed E-state index contributed by atoms with van der Waals surface area (Å²) in [4.78, 5) is 24.0. The topological polar surface area (TPSA) is 82.0 Å². The van der Waals surface area contributed by atoms with Gasteiger partial charge in [0.2, 0.25) is 5.28 Å². The molecule has 2 aromatic carbocycles. The lowest BCUT2D eigenvalue weighted by Crippen LogP contribution is -2.67. The van der Waals surface area contributed by atoms with Gasteiger partial charge in [-0.2, -0.15) is 4.98 Å². The maximum atomic E-state index is 12.4. The van der Waals surface area contributed by atoms with Gasteiger partial charge >= 0.3 is 5.69 Å². The summed E-state index contributed by atoms with van der Waals surface area (Å²) in [5, 5.41) is 2.42. The highest BCUT2D eigenvalue weighted by Crippen LogP contribution is 2.39. The number of benzene rings is 2. The SMILES string of the molecule is Cn1c(=O)[nH]c2nc(Cl)nc(C3CCCOC3CO[Si](c3ccccc3)(c3ccccc3)C(C)(C)C)c21. The monoisotopic (exact) mass is 536 g/mol. The Hall–Kier alpha value is -2.78. The number of aromatic amines is 1. The van der Waals surface area contributed by atoms with Gasteiger partial charge < -0.3 is 9.16 Å². The van der Waals surface area contributed by atoms with Crippen molar-refractivity contribution in [3.8, 4) is 0 Å². The molecule has 0 saturated carbocycles. The molecular formula is C28H33ClN4O3Si. The number of aromatic nitrogens is 4. The molecule has 9 heteroatoms. The third-order valence-corrected chi connectivity index (χ3v) is 12.6. The third-order valence-electron chi connectivity index (χ3n) is 7.42. The van der Waals surface area contributed by atoms with Gasteiger partial charge in [0.25, 0.3) is 8.32 Å². The second-order valence-electron chi connectivity index (χ2n) is 10.7. The summed E-state index contributed by atoms with van der Waals surface area (Å²) in [5.74, 6) is -0.0867. The quantitative estimate of drug-likeness (QED) is 0.296. The van der Waals surface area contributed by atoms with Crippen molar-refractivity contribution in [1.82, 2.24) is 19.5 Å². The van der Waals surface area contributed by atoms with Crippen LogP contribution in [0.15, 0.2) is 65.5 Å². The van der Waals surface area contributed by atoms with Gasteiger partial charge in [0.1, 0.15) is 5.52 Å². The molecule has 0 amide bonds. The molecule has 0 spiro atoms. The van der Waals surface area contributed by atoms with Gasteiger partial charge in [-0.1, -0.05) is 81.4 Å². The highest BCUT2D eigenvalue weighted by molar-refractivity contribution is 6.99. The van der Waals surface area contributed by atoms with Crippen LogP contribution in [0.5, 0.6) is 0 Å². The zero-order chi connectivity index (χ0) is 26.2. The van der Waals surface area contributed by atoms with Crippen molar-refractivity contribution in [3.05, 3.63) is 82.1 Å². The van der Waals surface area contributed by atoms with Crippen LogP contribution in [0.25, 0.3) is 11.2 Å². The average molecular weight is 537 g/mol. The van der Waals surface area contributed by atoms with E-state index in [2.05, 4.69) is 84.3 Å². The molecule has 1 aliphatic rings. The minimum absolute atomic E-state index is 0.0867. The van der Waals surface area contributed by atoms with Crippen LogP contribution in [-0.4, -0.2) is 47.2 Å². The molecule has 194 valence electrons. The molecule has 1 fully saturated rings. The number of halogens is 1. The van der Waals surface area contributed by atoms with Crippen LogP contribution in [-0.2, 0) is 16.2 Å². The lowest BCUT2D eigenvalue weighted by molar-refractivity contribution is -0.0289. The van der Waals surface area contributed by atoms with Crippen molar-refractivity contribution in [1.29, 1.82) is 0 Å². The predicted molar refractivity (Wildman–Crippen MR) is 149 cm³/mol. The zero-order valence-electron chi connectivity index (χ0n) is 21.7.